The average molecular weight is 716 g/mol. The zero-order valence-electron chi connectivity index (χ0n) is 33.2. The van der Waals surface area contributed by atoms with Crippen LogP contribution in [0.1, 0.15) is 131 Å². The highest BCUT2D eigenvalue weighted by Gasteiger charge is 2.44. The Morgan fingerprint density at radius 2 is 1.41 bits per heavy atom. The van der Waals surface area contributed by atoms with E-state index in [1.807, 2.05) is 27.7 Å². The molecule has 1 fully saturated rings. The fourth-order valence-electron chi connectivity index (χ4n) is 6.45. The van der Waals surface area contributed by atoms with Crippen molar-refractivity contribution in [1.82, 2.24) is 5.32 Å². The molecular formula is C43H73NO7. The van der Waals surface area contributed by atoms with Crippen molar-refractivity contribution < 1.29 is 33.2 Å². The SMILES string of the molecule is CCCCOC(C)O[C@H](/C=C/[C@@H]1[C@@H](C/C=C\CCCC(=O)NCC)[C@@H](OC(C)OCCCC)C[C@H]1OC(C)OCCCC)CCc1ccccc1. The number of carbonyl (C=O) groups excluding carboxylic acids is 1. The van der Waals surface area contributed by atoms with Gasteiger partial charge in [0.1, 0.15) is 0 Å². The van der Waals surface area contributed by atoms with Gasteiger partial charge in [0, 0.05) is 45.1 Å². The van der Waals surface area contributed by atoms with Gasteiger partial charge < -0.3 is 33.7 Å². The Balaban J connectivity index is 2.33. The lowest BCUT2D eigenvalue weighted by molar-refractivity contribution is -0.178. The average Bonchev–Trinajstić information content (AvgIpc) is 3.42. The number of unbranched alkanes of at least 4 members (excludes halogenated alkanes) is 4. The predicted octanol–water partition coefficient (Wildman–Crippen LogP) is 9.71. The standard InChI is InChI=1S/C43H73NO7/c1-8-12-30-46-34(5)49-38(27-26-37-22-18-17-19-23-37)28-29-40-39(24-20-15-16-21-25-43(45)44-11-4)41(50-35(6)47-31-13-9-2)33-42(40)51-36(7)48-32-14-10-3/h15,17-20,22-23,28-29,34-36,38-42H,8-14,16,21,24-27,30-33H2,1-7H3,(H,44,45)/b20-15-,29-28+/t34?,35?,36?,38-,39+,40+,41-,42+/m0/s1. The van der Waals surface area contributed by atoms with E-state index in [0.717, 1.165) is 77.0 Å². The first-order chi connectivity index (χ1) is 24.8. The molecule has 0 aromatic heterocycles. The Hall–Kier alpha value is -2.07. The van der Waals surface area contributed by atoms with Crippen molar-refractivity contribution in [3.05, 3.63) is 60.2 Å². The van der Waals surface area contributed by atoms with Gasteiger partial charge in [-0.2, -0.15) is 0 Å². The van der Waals surface area contributed by atoms with Crippen molar-refractivity contribution in [2.75, 3.05) is 26.4 Å². The molecule has 292 valence electrons. The van der Waals surface area contributed by atoms with Gasteiger partial charge in [0.15, 0.2) is 18.9 Å². The number of nitrogens with one attached hydrogen (secondary N) is 1. The maximum Gasteiger partial charge on any atom is 0.219 e. The summed E-state index contributed by atoms with van der Waals surface area (Å²) in [5.74, 6) is 0.356. The molecule has 1 aromatic carbocycles. The molecule has 8 heteroatoms. The van der Waals surface area contributed by atoms with E-state index < -0.39 is 0 Å². The van der Waals surface area contributed by atoms with Crippen LogP contribution in [0.5, 0.6) is 0 Å². The summed E-state index contributed by atoms with van der Waals surface area (Å²) >= 11 is 0. The zero-order chi connectivity index (χ0) is 37.1. The van der Waals surface area contributed by atoms with Gasteiger partial charge in [0.2, 0.25) is 5.91 Å². The first-order valence-corrected chi connectivity index (χ1v) is 20.3. The van der Waals surface area contributed by atoms with E-state index in [0.29, 0.717) is 32.8 Å². The summed E-state index contributed by atoms with van der Waals surface area (Å²) in [6.07, 6.45) is 19.7. The third-order valence-corrected chi connectivity index (χ3v) is 9.35. The number of rotatable bonds is 30. The first kappa shape index (κ1) is 45.1. The highest BCUT2D eigenvalue weighted by molar-refractivity contribution is 5.75. The highest BCUT2D eigenvalue weighted by atomic mass is 16.7. The van der Waals surface area contributed by atoms with Crippen molar-refractivity contribution in [1.29, 1.82) is 0 Å². The third kappa shape index (κ3) is 20.1. The summed E-state index contributed by atoms with van der Waals surface area (Å²) in [5.41, 5.74) is 1.29. The number of allylic oxidation sites excluding steroid dienone is 2. The van der Waals surface area contributed by atoms with Crippen LogP contribution in [0.3, 0.4) is 0 Å². The van der Waals surface area contributed by atoms with E-state index in [2.05, 4.69) is 80.7 Å². The Bertz CT molecular complexity index is 1050. The van der Waals surface area contributed by atoms with Crippen molar-refractivity contribution in [2.24, 2.45) is 11.8 Å². The molecule has 0 radical (unpaired) electrons. The van der Waals surface area contributed by atoms with Gasteiger partial charge in [-0.3, -0.25) is 4.79 Å². The van der Waals surface area contributed by atoms with Gasteiger partial charge in [0.05, 0.1) is 18.3 Å². The van der Waals surface area contributed by atoms with Crippen LogP contribution >= 0.6 is 0 Å². The fraction of sp³-hybridized carbons (Fsp3) is 0.744. The Labute approximate surface area is 311 Å². The van der Waals surface area contributed by atoms with E-state index in [-0.39, 0.29) is 54.9 Å². The second-order valence-corrected chi connectivity index (χ2v) is 13.8. The van der Waals surface area contributed by atoms with Crippen molar-refractivity contribution in [3.63, 3.8) is 0 Å². The van der Waals surface area contributed by atoms with E-state index in [1.54, 1.807) is 0 Å². The number of benzene rings is 1. The van der Waals surface area contributed by atoms with E-state index in [9.17, 15) is 4.79 Å². The van der Waals surface area contributed by atoms with Gasteiger partial charge in [-0.15, -0.1) is 0 Å². The lowest BCUT2D eigenvalue weighted by Crippen LogP contribution is -2.28. The van der Waals surface area contributed by atoms with Crippen molar-refractivity contribution in [2.45, 2.75) is 169 Å². The molecule has 1 aliphatic rings. The lowest BCUT2D eigenvalue weighted by Gasteiger charge is -2.27. The topological polar surface area (TPSA) is 84.5 Å². The van der Waals surface area contributed by atoms with Crippen LogP contribution in [-0.2, 0) is 39.6 Å². The number of hydrogen-bond acceptors (Lipinski definition) is 7. The van der Waals surface area contributed by atoms with Crippen LogP contribution < -0.4 is 5.32 Å². The first-order valence-electron chi connectivity index (χ1n) is 20.3. The zero-order valence-corrected chi connectivity index (χ0v) is 33.2. The van der Waals surface area contributed by atoms with Crippen molar-refractivity contribution in [3.8, 4) is 0 Å². The van der Waals surface area contributed by atoms with Crippen LogP contribution in [0.25, 0.3) is 0 Å². The minimum absolute atomic E-state index is 0.0518. The summed E-state index contributed by atoms with van der Waals surface area (Å²) in [6.45, 7) is 17.2. The molecular weight excluding hydrogens is 642 g/mol. The van der Waals surface area contributed by atoms with E-state index in [4.69, 9.17) is 28.4 Å². The van der Waals surface area contributed by atoms with Gasteiger partial charge in [0.25, 0.3) is 0 Å². The molecule has 1 amide bonds. The highest BCUT2D eigenvalue weighted by Crippen LogP contribution is 2.41. The van der Waals surface area contributed by atoms with Gasteiger partial charge in [-0.25, -0.2) is 0 Å². The normalized spacial score (nSPS) is 21.7. The van der Waals surface area contributed by atoms with E-state index >= 15 is 0 Å². The maximum absolute atomic E-state index is 11.9. The van der Waals surface area contributed by atoms with Crippen LogP contribution in [-0.4, -0.2) is 69.5 Å². The van der Waals surface area contributed by atoms with Gasteiger partial charge in [-0.1, -0.05) is 94.7 Å². The van der Waals surface area contributed by atoms with Crippen LogP contribution in [0.2, 0.25) is 0 Å². The lowest BCUT2D eigenvalue weighted by atomic mass is 9.89. The minimum Gasteiger partial charge on any atom is -0.356 e. The number of carbonyl (C=O) groups is 1. The molecule has 1 N–H and O–H groups in total. The second-order valence-electron chi connectivity index (χ2n) is 13.8. The molecule has 1 aromatic rings. The monoisotopic (exact) mass is 716 g/mol. The smallest absolute Gasteiger partial charge is 0.219 e. The summed E-state index contributed by atoms with van der Waals surface area (Å²) in [6, 6.07) is 10.6. The number of hydrogen-bond donors (Lipinski definition) is 1. The number of ether oxygens (including phenoxy) is 6. The molecule has 1 saturated carbocycles. The summed E-state index contributed by atoms with van der Waals surface area (Å²) in [4.78, 5) is 11.9. The summed E-state index contributed by atoms with van der Waals surface area (Å²) in [5, 5.41) is 2.89. The molecule has 1 aliphatic carbocycles. The molecule has 8 nitrogen and oxygen atoms in total. The van der Waals surface area contributed by atoms with Crippen LogP contribution in [0.15, 0.2) is 54.6 Å². The number of aryl methyl sites for hydroxylation is 1. The fourth-order valence-corrected chi connectivity index (χ4v) is 6.45. The summed E-state index contributed by atoms with van der Waals surface area (Å²) < 4.78 is 38.1. The number of amides is 1. The minimum atomic E-state index is -0.322. The van der Waals surface area contributed by atoms with E-state index in [1.165, 1.54) is 5.56 Å². The van der Waals surface area contributed by atoms with Crippen molar-refractivity contribution >= 4 is 5.91 Å². The Morgan fingerprint density at radius 1 is 0.804 bits per heavy atom. The molecule has 0 spiro atoms. The molecule has 0 bridgehead atoms. The predicted molar refractivity (Wildman–Crippen MR) is 207 cm³/mol. The molecule has 3 unspecified atom stereocenters. The molecule has 0 saturated heterocycles. The molecule has 0 heterocycles. The molecule has 2 rings (SSSR count). The van der Waals surface area contributed by atoms with Crippen LogP contribution in [0, 0.1) is 11.8 Å². The molecule has 0 aliphatic heterocycles. The molecule has 8 atom stereocenters. The molecule has 51 heavy (non-hydrogen) atoms. The van der Waals surface area contributed by atoms with Gasteiger partial charge >= 0.3 is 0 Å². The quantitative estimate of drug-likeness (QED) is 0.0482. The largest absolute Gasteiger partial charge is 0.356 e. The maximum atomic E-state index is 11.9. The van der Waals surface area contributed by atoms with Gasteiger partial charge in [-0.05, 0) is 90.5 Å². The third-order valence-electron chi connectivity index (χ3n) is 9.35. The summed E-state index contributed by atoms with van der Waals surface area (Å²) in [7, 11) is 0. The van der Waals surface area contributed by atoms with Crippen LogP contribution in [0.4, 0.5) is 0 Å². The Kier molecular flexibility index (Phi) is 25.1. The Morgan fingerprint density at radius 3 is 2.02 bits per heavy atom. The second kappa shape index (κ2) is 28.4.